The van der Waals surface area contributed by atoms with Gasteiger partial charge in [0.05, 0.1) is 10.6 Å². The first-order valence-electron chi connectivity index (χ1n) is 5.27. The second-order valence-electron chi connectivity index (χ2n) is 4.08. The quantitative estimate of drug-likeness (QED) is 0.469. The van der Waals surface area contributed by atoms with E-state index in [1.165, 1.54) is 18.2 Å². The standard InChI is InChI=1S/C10H9FN2O5S/c11-19(17,18)9-5-10(14)12(6-9)7-2-1-3-8(4-7)13(15)16/h1-4,9H,5-6H2. The maximum atomic E-state index is 12.8. The summed E-state index contributed by atoms with van der Waals surface area (Å²) in [6.07, 6.45) is -0.457. The number of hydrogen-bond donors (Lipinski definition) is 0. The largest absolute Gasteiger partial charge is 0.311 e. The lowest BCUT2D eigenvalue weighted by atomic mass is 10.2. The number of benzene rings is 1. The minimum atomic E-state index is -4.80. The van der Waals surface area contributed by atoms with Crippen molar-refractivity contribution in [2.45, 2.75) is 11.7 Å². The highest BCUT2D eigenvalue weighted by atomic mass is 32.3. The molecule has 0 aliphatic carbocycles. The van der Waals surface area contributed by atoms with Crippen molar-refractivity contribution in [2.24, 2.45) is 0 Å². The topological polar surface area (TPSA) is 97.6 Å². The Labute approximate surface area is 108 Å². The van der Waals surface area contributed by atoms with Crippen LogP contribution in [0.5, 0.6) is 0 Å². The zero-order valence-electron chi connectivity index (χ0n) is 9.52. The Hall–Kier alpha value is -2.03. The van der Waals surface area contributed by atoms with Gasteiger partial charge in [-0.3, -0.25) is 14.9 Å². The van der Waals surface area contributed by atoms with Crippen molar-refractivity contribution in [1.29, 1.82) is 0 Å². The summed E-state index contributed by atoms with van der Waals surface area (Å²) in [5, 5.41) is 9.20. The molecule has 0 aromatic heterocycles. The third-order valence-electron chi connectivity index (χ3n) is 2.84. The molecule has 1 aliphatic heterocycles. The number of anilines is 1. The van der Waals surface area contributed by atoms with Crippen LogP contribution in [0, 0.1) is 10.1 Å². The third-order valence-corrected chi connectivity index (χ3v) is 3.95. The maximum Gasteiger partial charge on any atom is 0.307 e. The van der Waals surface area contributed by atoms with Gasteiger partial charge >= 0.3 is 10.2 Å². The molecular formula is C10H9FN2O5S. The molecule has 0 N–H and O–H groups in total. The van der Waals surface area contributed by atoms with Crippen molar-refractivity contribution in [2.75, 3.05) is 11.4 Å². The summed E-state index contributed by atoms with van der Waals surface area (Å²) in [7, 11) is -4.80. The molecule has 0 saturated carbocycles. The first-order valence-corrected chi connectivity index (χ1v) is 6.72. The van der Waals surface area contributed by atoms with Crippen molar-refractivity contribution in [1.82, 2.24) is 0 Å². The Morgan fingerprint density at radius 2 is 2.11 bits per heavy atom. The second kappa shape index (κ2) is 4.57. The molecule has 1 aliphatic rings. The minimum Gasteiger partial charge on any atom is -0.311 e. The molecule has 0 radical (unpaired) electrons. The van der Waals surface area contributed by atoms with Gasteiger partial charge in [-0.25, -0.2) is 0 Å². The molecule has 1 heterocycles. The molecule has 1 aromatic carbocycles. The fourth-order valence-corrected chi connectivity index (χ4v) is 2.56. The molecule has 0 bridgehead atoms. The summed E-state index contributed by atoms with van der Waals surface area (Å²) in [5.74, 6) is -0.577. The van der Waals surface area contributed by atoms with E-state index in [2.05, 4.69) is 0 Å². The number of nitro groups is 1. The van der Waals surface area contributed by atoms with Gasteiger partial charge in [0.25, 0.3) is 5.69 Å². The number of carbonyl (C=O) groups excluding carboxylic acids is 1. The van der Waals surface area contributed by atoms with Crippen LogP contribution < -0.4 is 4.90 Å². The van der Waals surface area contributed by atoms with Crippen LogP contribution >= 0.6 is 0 Å². The fourth-order valence-electron chi connectivity index (χ4n) is 1.89. The summed E-state index contributed by atoms with van der Waals surface area (Å²) >= 11 is 0. The van der Waals surface area contributed by atoms with Crippen LogP contribution in [-0.4, -0.2) is 31.0 Å². The van der Waals surface area contributed by atoms with Crippen LogP contribution in [0.15, 0.2) is 24.3 Å². The minimum absolute atomic E-state index is 0.186. The summed E-state index contributed by atoms with van der Waals surface area (Å²) in [6.45, 7) is -0.334. The highest BCUT2D eigenvalue weighted by Crippen LogP contribution is 2.28. The number of halogens is 1. The van der Waals surface area contributed by atoms with Gasteiger partial charge in [0.1, 0.15) is 5.25 Å². The second-order valence-corrected chi connectivity index (χ2v) is 5.70. The van der Waals surface area contributed by atoms with E-state index >= 15 is 0 Å². The van der Waals surface area contributed by atoms with E-state index in [1.807, 2.05) is 0 Å². The van der Waals surface area contributed by atoms with E-state index in [0.29, 0.717) is 0 Å². The van der Waals surface area contributed by atoms with E-state index in [9.17, 15) is 27.2 Å². The van der Waals surface area contributed by atoms with Gasteiger partial charge in [0.15, 0.2) is 0 Å². The molecule has 0 spiro atoms. The molecule has 7 nitrogen and oxygen atoms in total. The first-order chi connectivity index (χ1) is 8.79. The van der Waals surface area contributed by atoms with Gasteiger partial charge in [-0.2, -0.15) is 8.42 Å². The van der Waals surface area contributed by atoms with Gasteiger partial charge < -0.3 is 4.90 Å². The summed E-state index contributed by atoms with van der Waals surface area (Å²) in [6, 6.07) is 5.19. The first kappa shape index (κ1) is 13.4. The van der Waals surface area contributed by atoms with E-state index in [1.54, 1.807) is 0 Å². The van der Waals surface area contributed by atoms with Gasteiger partial charge in [-0.1, -0.05) is 6.07 Å². The van der Waals surface area contributed by atoms with E-state index in [-0.39, 0.29) is 17.9 Å². The van der Waals surface area contributed by atoms with Crippen LogP contribution in [0.2, 0.25) is 0 Å². The number of amides is 1. The molecule has 9 heteroatoms. The van der Waals surface area contributed by atoms with Crippen LogP contribution in [0.25, 0.3) is 0 Å². The van der Waals surface area contributed by atoms with Crippen molar-refractivity contribution in [3.8, 4) is 0 Å². The zero-order chi connectivity index (χ0) is 14.2. The summed E-state index contributed by atoms with van der Waals surface area (Å²) in [5.41, 5.74) is -0.0396. The highest BCUT2D eigenvalue weighted by molar-refractivity contribution is 7.87. The van der Waals surface area contributed by atoms with Crippen LogP contribution in [-0.2, 0) is 15.0 Å². The molecule has 1 aromatic rings. The summed E-state index contributed by atoms with van der Waals surface area (Å²) in [4.78, 5) is 22.7. The van der Waals surface area contributed by atoms with E-state index in [0.717, 1.165) is 11.0 Å². The Morgan fingerprint density at radius 1 is 1.42 bits per heavy atom. The fraction of sp³-hybridized carbons (Fsp3) is 0.300. The van der Waals surface area contributed by atoms with Crippen molar-refractivity contribution in [3.05, 3.63) is 34.4 Å². The van der Waals surface area contributed by atoms with Crippen molar-refractivity contribution >= 4 is 27.5 Å². The van der Waals surface area contributed by atoms with Gasteiger partial charge in [0.2, 0.25) is 5.91 Å². The van der Waals surface area contributed by atoms with Gasteiger partial charge in [0, 0.05) is 25.1 Å². The summed E-state index contributed by atoms with van der Waals surface area (Å²) < 4.78 is 34.4. The smallest absolute Gasteiger partial charge is 0.307 e. The normalized spacial score (nSPS) is 19.7. The predicted molar refractivity (Wildman–Crippen MR) is 63.9 cm³/mol. The van der Waals surface area contributed by atoms with Gasteiger partial charge in [-0.15, -0.1) is 3.89 Å². The van der Waals surface area contributed by atoms with Gasteiger partial charge in [-0.05, 0) is 6.07 Å². The number of nitrogens with zero attached hydrogens (tertiary/aromatic N) is 2. The lowest BCUT2D eigenvalue weighted by molar-refractivity contribution is -0.384. The maximum absolute atomic E-state index is 12.8. The van der Waals surface area contributed by atoms with Crippen LogP contribution in [0.1, 0.15) is 6.42 Å². The number of hydrogen-bond acceptors (Lipinski definition) is 5. The molecule has 1 saturated heterocycles. The Bertz CT molecular complexity index is 645. The molecular weight excluding hydrogens is 279 g/mol. The molecule has 1 atom stereocenters. The van der Waals surface area contributed by atoms with Crippen LogP contribution in [0.3, 0.4) is 0 Å². The zero-order valence-corrected chi connectivity index (χ0v) is 10.3. The molecule has 1 unspecified atom stereocenters. The number of carbonyl (C=O) groups is 1. The average molecular weight is 288 g/mol. The SMILES string of the molecule is O=C1CC(S(=O)(=O)F)CN1c1cccc([N+](=O)[O-])c1. The third kappa shape index (κ3) is 2.70. The predicted octanol–water partition coefficient (Wildman–Crippen LogP) is 0.999. The van der Waals surface area contributed by atoms with Crippen LogP contribution in [0.4, 0.5) is 15.3 Å². The van der Waals surface area contributed by atoms with E-state index in [4.69, 9.17) is 0 Å². The number of rotatable bonds is 3. The Kier molecular flexibility index (Phi) is 3.23. The monoisotopic (exact) mass is 288 g/mol. The molecule has 102 valence electrons. The van der Waals surface area contributed by atoms with E-state index < -0.39 is 32.7 Å². The molecule has 2 rings (SSSR count). The van der Waals surface area contributed by atoms with Crippen molar-refractivity contribution in [3.63, 3.8) is 0 Å². The molecule has 1 fully saturated rings. The lowest BCUT2D eigenvalue weighted by Gasteiger charge is -2.15. The Balaban J connectivity index is 2.31. The number of non-ortho nitro benzene ring substituents is 1. The van der Waals surface area contributed by atoms with Crippen molar-refractivity contribution < 1.29 is 22.0 Å². The number of nitro benzene ring substituents is 1. The Morgan fingerprint density at radius 3 is 2.63 bits per heavy atom. The highest BCUT2D eigenvalue weighted by Gasteiger charge is 2.39. The average Bonchev–Trinajstić information content (AvgIpc) is 2.71. The molecule has 1 amide bonds. The molecule has 19 heavy (non-hydrogen) atoms. The lowest BCUT2D eigenvalue weighted by Crippen LogP contribution is -2.26.